The topological polar surface area (TPSA) is 70.9 Å². The van der Waals surface area contributed by atoms with E-state index in [-0.39, 0.29) is 11.6 Å². The first-order valence-corrected chi connectivity index (χ1v) is 10.1. The molecule has 3 rings (SSSR count). The molecule has 0 bridgehead atoms. The van der Waals surface area contributed by atoms with Crippen molar-refractivity contribution in [3.05, 3.63) is 29.6 Å². The van der Waals surface area contributed by atoms with Gasteiger partial charge in [-0.2, -0.15) is 0 Å². The SMILES string of the molecule is CC[NH+]1CC[NH+]([C@H](c2ccc(OC)c(OC)c2)c2nnnn2C(C)(C)C)CC1. The van der Waals surface area contributed by atoms with Gasteiger partial charge in [-0.15, -0.1) is 5.10 Å². The molecule has 0 aliphatic carbocycles. The van der Waals surface area contributed by atoms with Crippen LogP contribution in [0.2, 0.25) is 0 Å². The van der Waals surface area contributed by atoms with E-state index in [1.807, 2.05) is 10.7 Å². The number of methoxy groups -OCH3 is 2. The van der Waals surface area contributed by atoms with E-state index in [0.717, 1.165) is 49.1 Å². The van der Waals surface area contributed by atoms with Crippen molar-refractivity contribution in [2.45, 2.75) is 39.3 Å². The molecular weight excluding hydrogens is 356 g/mol. The Balaban J connectivity index is 2.05. The van der Waals surface area contributed by atoms with Gasteiger partial charge < -0.3 is 19.3 Å². The van der Waals surface area contributed by atoms with Crippen molar-refractivity contribution in [2.75, 3.05) is 46.9 Å². The van der Waals surface area contributed by atoms with Gasteiger partial charge in [0.2, 0.25) is 5.82 Å². The molecule has 1 aliphatic heterocycles. The standard InChI is InChI=1S/C20H32N6O2/c1-7-24-10-12-25(13-11-24)18(19-21-22-23-26(19)20(2,3)4)15-8-9-16(27-5)17(14-15)28-6/h8-9,14,18H,7,10-13H2,1-6H3/p+2/t18-/m1/s1. The zero-order valence-electron chi connectivity index (χ0n) is 18.0. The van der Waals surface area contributed by atoms with Crippen LogP contribution in [0, 0.1) is 0 Å². The highest BCUT2D eigenvalue weighted by atomic mass is 16.5. The van der Waals surface area contributed by atoms with E-state index >= 15 is 0 Å². The van der Waals surface area contributed by atoms with Crippen LogP contribution in [0.4, 0.5) is 0 Å². The molecule has 2 N–H and O–H groups in total. The van der Waals surface area contributed by atoms with Crippen molar-refractivity contribution >= 4 is 0 Å². The van der Waals surface area contributed by atoms with Gasteiger partial charge in [0.1, 0.15) is 26.2 Å². The van der Waals surface area contributed by atoms with E-state index < -0.39 is 0 Å². The molecule has 0 amide bonds. The van der Waals surface area contributed by atoms with Crippen LogP contribution in [-0.2, 0) is 5.54 Å². The van der Waals surface area contributed by atoms with E-state index in [9.17, 15) is 0 Å². The Morgan fingerprint density at radius 1 is 1.07 bits per heavy atom. The Labute approximate surface area is 167 Å². The number of nitrogens with zero attached hydrogens (tertiary/aromatic N) is 4. The number of hydrogen-bond donors (Lipinski definition) is 2. The van der Waals surface area contributed by atoms with Crippen LogP contribution < -0.4 is 19.3 Å². The Morgan fingerprint density at radius 3 is 2.32 bits per heavy atom. The molecule has 1 atom stereocenters. The van der Waals surface area contributed by atoms with Crippen LogP contribution in [0.1, 0.15) is 45.1 Å². The number of nitrogens with one attached hydrogen (secondary N) is 2. The fourth-order valence-electron chi connectivity index (χ4n) is 4.02. The van der Waals surface area contributed by atoms with Crippen molar-refractivity contribution in [2.24, 2.45) is 0 Å². The quantitative estimate of drug-likeness (QED) is 0.685. The third-order valence-corrected chi connectivity index (χ3v) is 5.64. The molecule has 154 valence electrons. The molecule has 8 nitrogen and oxygen atoms in total. The van der Waals surface area contributed by atoms with Crippen LogP contribution in [0.3, 0.4) is 0 Å². The van der Waals surface area contributed by atoms with E-state index in [2.05, 4.69) is 55.4 Å². The van der Waals surface area contributed by atoms with E-state index in [0.29, 0.717) is 0 Å². The van der Waals surface area contributed by atoms with Crippen molar-refractivity contribution < 1.29 is 19.3 Å². The summed E-state index contributed by atoms with van der Waals surface area (Å²) in [5.41, 5.74) is 0.955. The summed E-state index contributed by atoms with van der Waals surface area (Å²) in [5.74, 6) is 2.36. The Bertz CT molecular complexity index is 777. The third kappa shape index (κ3) is 4.12. The lowest BCUT2D eigenvalue weighted by Crippen LogP contribution is -3.28. The molecule has 1 saturated heterocycles. The van der Waals surface area contributed by atoms with Crippen LogP contribution in [-0.4, -0.2) is 67.2 Å². The predicted octanol–water partition coefficient (Wildman–Crippen LogP) is -0.662. The number of ether oxygens (including phenoxy) is 2. The van der Waals surface area contributed by atoms with Crippen LogP contribution >= 0.6 is 0 Å². The minimum Gasteiger partial charge on any atom is -0.493 e. The lowest BCUT2D eigenvalue weighted by molar-refractivity contribution is -1.02. The highest BCUT2D eigenvalue weighted by Gasteiger charge is 2.37. The van der Waals surface area contributed by atoms with Crippen molar-refractivity contribution in [3.8, 4) is 11.5 Å². The van der Waals surface area contributed by atoms with Crippen molar-refractivity contribution in [3.63, 3.8) is 0 Å². The zero-order chi connectivity index (χ0) is 20.3. The summed E-state index contributed by atoms with van der Waals surface area (Å²) in [5, 5.41) is 12.8. The van der Waals surface area contributed by atoms with Gasteiger partial charge in [-0.1, -0.05) is 0 Å². The summed E-state index contributed by atoms with van der Waals surface area (Å²) in [6.45, 7) is 14.3. The van der Waals surface area contributed by atoms with Gasteiger partial charge in [0, 0.05) is 5.56 Å². The summed E-state index contributed by atoms with van der Waals surface area (Å²) in [6, 6.07) is 6.20. The van der Waals surface area contributed by atoms with Gasteiger partial charge in [-0.05, 0) is 56.3 Å². The minimum absolute atomic E-state index is 0.0486. The molecule has 1 aliphatic rings. The van der Waals surface area contributed by atoms with Crippen LogP contribution in [0.25, 0.3) is 0 Å². The molecule has 0 saturated carbocycles. The van der Waals surface area contributed by atoms with E-state index in [4.69, 9.17) is 9.47 Å². The van der Waals surface area contributed by atoms with E-state index in [1.165, 1.54) is 11.4 Å². The lowest BCUT2D eigenvalue weighted by atomic mass is 10.0. The lowest BCUT2D eigenvalue weighted by Gasteiger charge is -2.35. The van der Waals surface area contributed by atoms with Gasteiger partial charge in [-0.25, -0.2) is 4.68 Å². The van der Waals surface area contributed by atoms with Crippen molar-refractivity contribution in [1.82, 2.24) is 20.2 Å². The maximum atomic E-state index is 5.57. The average Bonchev–Trinajstić information content (AvgIpc) is 3.18. The Hall–Kier alpha value is -2.19. The summed E-state index contributed by atoms with van der Waals surface area (Å²) in [4.78, 5) is 3.15. The first kappa shape index (κ1) is 20.5. The Kier molecular flexibility index (Phi) is 6.20. The smallest absolute Gasteiger partial charge is 0.214 e. The maximum Gasteiger partial charge on any atom is 0.214 e. The highest BCUT2D eigenvalue weighted by molar-refractivity contribution is 5.44. The monoisotopic (exact) mass is 390 g/mol. The maximum absolute atomic E-state index is 5.57. The molecule has 28 heavy (non-hydrogen) atoms. The van der Waals surface area contributed by atoms with Gasteiger partial charge >= 0.3 is 0 Å². The van der Waals surface area contributed by atoms with Gasteiger partial charge in [-0.3, -0.25) is 0 Å². The summed E-state index contributed by atoms with van der Waals surface area (Å²) in [6.07, 6.45) is 0. The summed E-state index contributed by atoms with van der Waals surface area (Å²) < 4.78 is 13.0. The number of quaternary nitrogens is 2. The van der Waals surface area contributed by atoms with Crippen molar-refractivity contribution in [1.29, 1.82) is 0 Å². The number of likely N-dealkylation sites (N-methyl/N-ethyl adjacent to an activating group) is 1. The molecule has 8 heteroatoms. The average molecular weight is 391 g/mol. The molecule has 0 radical (unpaired) electrons. The molecule has 1 aromatic carbocycles. The third-order valence-electron chi connectivity index (χ3n) is 5.64. The zero-order valence-corrected chi connectivity index (χ0v) is 18.0. The molecule has 2 heterocycles. The normalized spacial score (nSPS) is 21.4. The second-order valence-corrected chi connectivity index (χ2v) is 8.43. The fraction of sp³-hybridized carbons (Fsp3) is 0.650. The molecule has 0 unspecified atom stereocenters. The molecule has 0 spiro atoms. The molecule has 1 aromatic heterocycles. The number of tetrazole rings is 1. The highest BCUT2D eigenvalue weighted by Crippen LogP contribution is 2.31. The van der Waals surface area contributed by atoms with E-state index in [1.54, 1.807) is 19.1 Å². The van der Waals surface area contributed by atoms with Gasteiger partial charge in [0.25, 0.3) is 0 Å². The molecule has 1 fully saturated rings. The fourth-order valence-corrected chi connectivity index (χ4v) is 4.02. The largest absolute Gasteiger partial charge is 0.493 e. The Morgan fingerprint density at radius 2 is 1.75 bits per heavy atom. The number of aromatic nitrogens is 4. The number of rotatable bonds is 6. The molecular formula is C20H34N6O2+2. The second kappa shape index (κ2) is 8.45. The van der Waals surface area contributed by atoms with Gasteiger partial charge in [0.15, 0.2) is 17.5 Å². The second-order valence-electron chi connectivity index (χ2n) is 8.43. The first-order chi connectivity index (χ1) is 13.4. The predicted molar refractivity (Wildman–Crippen MR) is 106 cm³/mol. The minimum atomic E-state index is -0.191. The van der Waals surface area contributed by atoms with Gasteiger partial charge in [0.05, 0.1) is 26.3 Å². The van der Waals surface area contributed by atoms with Crippen LogP contribution in [0.5, 0.6) is 11.5 Å². The number of benzene rings is 1. The molecule has 2 aromatic rings. The summed E-state index contributed by atoms with van der Waals surface area (Å²) >= 11 is 0. The number of piperazine rings is 1. The number of hydrogen-bond acceptors (Lipinski definition) is 5. The summed E-state index contributed by atoms with van der Waals surface area (Å²) in [7, 11) is 3.33. The van der Waals surface area contributed by atoms with Crippen LogP contribution in [0.15, 0.2) is 18.2 Å². The first-order valence-electron chi connectivity index (χ1n) is 10.1.